The lowest BCUT2D eigenvalue weighted by Crippen LogP contribution is -2.54. The number of benzene rings is 2. The number of aryl methyl sites for hydroxylation is 1. The number of amides is 2. The third-order valence-electron chi connectivity index (χ3n) is 5.15. The smallest absolute Gasteiger partial charge is 0.253 e. The average Bonchev–Trinajstić information content (AvgIpc) is 2.67. The molecule has 1 fully saturated rings. The topological polar surface area (TPSA) is 40.6 Å². The van der Waals surface area contributed by atoms with Gasteiger partial charge >= 0.3 is 0 Å². The first-order chi connectivity index (χ1) is 12.4. The van der Waals surface area contributed by atoms with Gasteiger partial charge in [0.05, 0.1) is 5.41 Å². The Morgan fingerprint density at radius 3 is 2.08 bits per heavy atom. The number of hydrogen-bond acceptors (Lipinski definition) is 2. The summed E-state index contributed by atoms with van der Waals surface area (Å²) in [6.45, 7) is 8.22. The normalized spacial score (nSPS) is 15.0. The summed E-state index contributed by atoms with van der Waals surface area (Å²) in [6, 6.07) is 17.5. The summed E-state index contributed by atoms with van der Waals surface area (Å²) in [7, 11) is 0. The zero-order chi connectivity index (χ0) is 18.7. The largest absolute Gasteiger partial charge is 0.338 e. The Labute approximate surface area is 155 Å². The molecule has 3 rings (SSSR count). The minimum atomic E-state index is -0.565. The van der Waals surface area contributed by atoms with Crippen LogP contribution in [0.5, 0.6) is 0 Å². The van der Waals surface area contributed by atoms with Crippen LogP contribution in [-0.2, 0) is 10.2 Å². The molecule has 0 N–H and O–H groups in total. The van der Waals surface area contributed by atoms with Gasteiger partial charge in [0, 0.05) is 31.7 Å². The highest BCUT2D eigenvalue weighted by atomic mass is 16.2. The number of carbonyl (C=O) groups excluding carboxylic acids is 2. The fraction of sp³-hybridized carbons (Fsp3) is 0.364. The van der Waals surface area contributed by atoms with Crippen LogP contribution in [0.3, 0.4) is 0 Å². The maximum absolute atomic E-state index is 13.0. The van der Waals surface area contributed by atoms with Crippen LogP contribution in [0.1, 0.15) is 35.3 Å². The zero-order valence-corrected chi connectivity index (χ0v) is 15.7. The van der Waals surface area contributed by atoms with E-state index in [9.17, 15) is 9.59 Å². The molecule has 1 aliphatic heterocycles. The number of rotatable bonds is 3. The van der Waals surface area contributed by atoms with Crippen LogP contribution in [0.2, 0.25) is 0 Å². The summed E-state index contributed by atoms with van der Waals surface area (Å²) in [5.41, 5.74) is 2.25. The summed E-state index contributed by atoms with van der Waals surface area (Å²) in [6.07, 6.45) is 0. The van der Waals surface area contributed by atoms with Gasteiger partial charge in [0.15, 0.2) is 0 Å². The third-order valence-corrected chi connectivity index (χ3v) is 5.15. The van der Waals surface area contributed by atoms with Gasteiger partial charge in [-0.3, -0.25) is 9.59 Å². The molecule has 4 heteroatoms. The second kappa shape index (κ2) is 7.32. The first-order valence-corrected chi connectivity index (χ1v) is 9.10. The van der Waals surface area contributed by atoms with E-state index >= 15 is 0 Å². The SMILES string of the molecule is Cc1cccc(C(=O)N2CCN(C(=O)C(C)(C)c3ccccc3)CC2)c1. The van der Waals surface area contributed by atoms with Gasteiger partial charge < -0.3 is 9.80 Å². The van der Waals surface area contributed by atoms with Gasteiger partial charge in [-0.15, -0.1) is 0 Å². The Balaban J connectivity index is 1.65. The van der Waals surface area contributed by atoms with Crippen molar-refractivity contribution in [1.82, 2.24) is 9.80 Å². The minimum absolute atomic E-state index is 0.0446. The van der Waals surface area contributed by atoms with Crippen molar-refractivity contribution in [2.75, 3.05) is 26.2 Å². The van der Waals surface area contributed by atoms with E-state index in [1.165, 1.54) is 0 Å². The van der Waals surface area contributed by atoms with E-state index in [2.05, 4.69) is 0 Å². The maximum atomic E-state index is 13.0. The third kappa shape index (κ3) is 3.64. The zero-order valence-electron chi connectivity index (χ0n) is 15.7. The van der Waals surface area contributed by atoms with Crippen molar-refractivity contribution < 1.29 is 9.59 Å². The first-order valence-electron chi connectivity index (χ1n) is 9.10. The van der Waals surface area contributed by atoms with Crippen molar-refractivity contribution >= 4 is 11.8 Å². The second-order valence-corrected chi connectivity index (χ2v) is 7.44. The van der Waals surface area contributed by atoms with E-state index in [-0.39, 0.29) is 11.8 Å². The molecular weight excluding hydrogens is 324 g/mol. The number of hydrogen-bond donors (Lipinski definition) is 0. The van der Waals surface area contributed by atoms with E-state index in [1.54, 1.807) is 0 Å². The average molecular weight is 350 g/mol. The van der Waals surface area contributed by atoms with E-state index in [0.717, 1.165) is 16.7 Å². The fourth-order valence-electron chi connectivity index (χ4n) is 3.45. The van der Waals surface area contributed by atoms with Crippen molar-refractivity contribution in [3.8, 4) is 0 Å². The molecule has 2 aromatic carbocycles. The van der Waals surface area contributed by atoms with Gasteiger partial charge in [0.1, 0.15) is 0 Å². The highest BCUT2D eigenvalue weighted by molar-refractivity contribution is 5.94. The van der Waals surface area contributed by atoms with E-state index in [0.29, 0.717) is 26.2 Å². The van der Waals surface area contributed by atoms with Crippen molar-refractivity contribution in [3.63, 3.8) is 0 Å². The van der Waals surface area contributed by atoms with E-state index in [1.807, 2.05) is 85.2 Å². The molecule has 26 heavy (non-hydrogen) atoms. The molecular formula is C22H26N2O2. The van der Waals surface area contributed by atoms with E-state index < -0.39 is 5.41 Å². The minimum Gasteiger partial charge on any atom is -0.338 e. The summed E-state index contributed by atoms with van der Waals surface area (Å²) in [5, 5.41) is 0. The molecule has 0 saturated carbocycles. The van der Waals surface area contributed by atoms with Crippen molar-refractivity contribution in [3.05, 3.63) is 71.3 Å². The molecule has 1 aliphatic rings. The number of piperazine rings is 1. The van der Waals surface area contributed by atoms with Crippen LogP contribution in [0.15, 0.2) is 54.6 Å². The Kier molecular flexibility index (Phi) is 5.12. The van der Waals surface area contributed by atoms with Gasteiger partial charge in [-0.25, -0.2) is 0 Å². The van der Waals surface area contributed by atoms with Gasteiger partial charge in [0.25, 0.3) is 5.91 Å². The summed E-state index contributed by atoms with van der Waals surface area (Å²) >= 11 is 0. The predicted octanol–water partition coefficient (Wildman–Crippen LogP) is 3.26. The van der Waals surface area contributed by atoms with Crippen molar-refractivity contribution in [1.29, 1.82) is 0 Å². The maximum Gasteiger partial charge on any atom is 0.253 e. The molecule has 0 aliphatic carbocycles. The molecule has 0 atom stereocenters. The number of carbonyl (C=O) groups is 2. The summed E-state index contributed by atoms with van der Waals surface area (Å²) in [4.78, 5) is 29.4. The van der Waals surface area contributed by atoms with E-state index in [4.69, 9.17) is 0 Å². The highest BCUT2D eigenvalue weighted by Gasteiger charge is 2.35. The van der Waals surface area contributed by atoms with Crippen LogP contribution in [0.25, 0.3) is 0 Å². The molecule has 0 aromatic heterocycles. The van der Waals surface area contributed by atoms with Crippen LogP contribution in [0.4, 0.5) is 0 Å². The number of nitrogens with zero attached hydrogens (tertiary/aromatic N) is 2. The van der Waals surface area contributed by atoms with Crippen LogP contribution in [-0.4, -0.2) is 47.8 Å². The first kappa shape index (κ1) is 18.2. The Morgan fingerprint density at radius 2 is 1.46 bits per heavy atom. The van der Waals surface area contributed by atoms with Crippen molar-refractivity contribution in [2.24, 2.45) is 0 Å². The lowest BCUT2D eigenvalue weighted by molar-refractivity contribution is -0.137. The summed E-state index contributed by atoms with van der Waals surface area (Å²) < 4.78 is 0. The van der Waals surface area contributed by atoms with Crippen molar-refractivity contribution in [2.45, 2.75) is 26.2 Å². The highest BCUT2D eigenvalue weighted by Crippen LogP contribution is 2.26. The monoisotopic (exact) mass is 350 g/mol. The molecule has 1 heterocycles. The Hall–Kier alpha value is -2.62. The Morgan fingerprint density at radius 1 is 0.846 bits per heavy atom. The molecule has 1 saturated heterocycles. The lowest BCUT2D eigenvalue weighted by atomic mass is 9.83. The fourth-order valence-corrected chi connectivity index (χ4v) is 3.45. The molecule has 0 radical (unpaired) electrons. The summed E-state index contributed by atoms with van der Waals surface area (Å²) in [5.74, 6) is 0.162. The molecule has 2 aromatic rings. The standard InChI is InChI=1S/C22H26N2O2/c1-17-8-7-9-18(16-17)20(25)23-12-14-24(15-13-23)21(26)22(2,3)19-10-5-4-6-11-19/h4-11,16H,12-15H2,1-3H3. The molecule has 0 bridgehead atoms. The lowest BCUT2D eigenvalue weighted by Gasteiger charge is -2.38. The van der Waals surface area contributed by atoms with Gasteiger partial charge in [-0.1, -0.05) is 48.0 Å². The molecule has 2 amide bonds. The predicted molar refractivity (Wildman–Crippen MR) is 103 cm³/mol. The molecule has 0 spiro atoms. The van der Waals surface area contributed by atoms with Gasteiger partial charge in [0.2, 0.25) is 5.91 Å². The molecule has 4 nitrogen and oxygen atoms in total. The second-order valence-electron chi connectivity index (χ2n) is 7.44. The molecule has 0 unspecified atom stereocenters. The van der Waals surface area contributed by atoms with Crippen LogP contribution < -0.4 is 0 Å². The van der Waals surface area contributed by atoms with Gasteiger partial charge in [-0.2, -0.15) is 0 Å². The quantitative estimate of drug-likeness (QED) is 0.852. The van der Waals surface area contributed by atoms with Gasteiger partial charge in [-0.05, 0) is 38.5 Å². The van der Waals surface area contributed by atoms with Crippen LogP contribution in [0, 0.1) is 6.92 Å². The van der Waals surface area contributed by atoms with Crippen LogP contribution >= 0.6 is 0 Å². The Bertz CT molecular complexity index is 791. The molecule has 136 valence electrons.